The summed E-state index contributed by atoms with van der Waals surface area (Å²) < 4.78 is 1.71. The minimum Gasteiger partial charge on any atom is -0.350 e. The van der Waals surface area contributed by atoms with E-state index in [1.165, 1.54) is 0 Å². The van der Waals surface area contributed by atoms with Crippen LogP contribution in [0.25, 0.3) is 5.69 Å². The molecule has 6 nitrogen and oxygen atoms in total. The average molecular weight is 299 g/mol. The van der Waals surface area contributed by atoms with E-state index in [-0.39, 0.29) is 11.3 Å². The van der Waals surface area contributed by atoms with Crippen molar-refractivity contribution in [1.82, 2.24) is 25.4 Å². The Bertz CT molecular complexity index is 632. The Hall–Kier alpha value is -2.21. The second-order valence-corrected chi connectivity index (χ2v) is 6.09. The molecule has 22 heavy (non-hydrogen) atoms. The van der Waals surface area contributed by atoms with E-state index in [1.54, 1.807) is 23.1 Å². The molecular weight excluding hydrogens is 278 g/mol. The number of aromatic nitrogens is 3. The predicted octanol–water partition coefficient (Wildman–Crippen LogP) is 1.39. The minimum absolute atomic E-state index is 0.131. The lowest BCUT2D eigenvalue weighted by molar-refractivity contribution is 0.0917. The summed E-state index contributed by atoms with van der Waals surface area (Å²) in [6, 6.07) is 5.43. The largest absolute Gasteiger partial charge is 0.350 e. The molecule has 3 rings (SSSR count). The number of carbonyl (C=O) groups is 1. The van der Waals surface area contributed by atoms with Crippen LogP contribution in [0.4, 0.5) is 0 Å². The van der Waals surface area contributed by atoms with Gasteiger partial charge in [0.2, 0.25) is 0 Å². The molecule has 1 amide bonds. The van der Waals surface area contributed by atoms with Gasteiger partial charge >= 0.3 is 0 Å². The second kappa shape index (κ2) is 6.27. The van der Waals surface area contributed by atoms with Gasteiger partial charge in [0.25, 0.3) is 5.91 Å². The maximum Gasteiger partial charge on any atom is 0.269 e. The molecule has 1 aliphatic rings. The molecule has 0 bridgehead atoms. The highest BCUT2D eigenvalue weighted by atomic mass is 16.1. The molecule has 1 saturated heterocycles. The molecule has 2 N–H and O–H groups in total. The Morgan fingerprint density at radius 2 is 2.23 bits per heavy atom. The van der Waals surface area contributed by atoms with E-state index in [0.717, 1.165) is 31.6 Å². The molecule has 0 radical (unpaired) electrons. The number of carbonyl (C=O) groups excluding carboxylic acids is 1. The topological polar surface area (TPSA) is 71.8 Å². The number of amides is 1. The molecular formula is C16H21N5O. The van der Waals surface area contributed by atoms with Crippen LogP contribution in [0.3, 0.4) is 0 Å². The van der Waals surface area contributed by atoms with Crippen LogP contribution in [0.1, 0.15) is 30.3 Å². The first kappa shape index (κ1) is 14.7. The van der Waals surface area contributed by atoms with Gasteiger partial charge in [-0.2, -0.15) is 5.10 Å². The van der Waals surface area contributed by atoms with Gasteiger partial charge in [0, 0.05) is 25.1 Å². The normalized spacial score (nSPS) is 17.1. The first-order chi connectivity index (χ1) is 10.7. The van der Waals surface area contributed by atoms with E-state index >= 15 is 0 Å². The van der Waals surface area contributed by atoms with Gasteiger partial charge in [-0.25, -0.2) is 4.68 Å². The number of rotatable bonds is 4. The zero-order valence-electron chi connectivity index (χ0n) is 12.7. The quantitative estimate of drug-likeness (QED) is 0.895. The van der Waals surface area contributed by atoms with Crippen molar-refractivity contribution in [2.45, 2.75) is 19.8 Å². The van der Waals surface area contributed by atoms with Crippen LogP contribution in [0.15, 0.2) is 36.8 Å². The zero-order valence-corrected chi connectivity index (χ0v) is 12.7. The summed E-state index contributed by atoms with van der Waals surface area (Å²) in [6.45, 7) is 4.93. The highest BCUT2D eigenvalue weighted by molar-refractivity contribution is 5.92. The number of hydrogen-bond donors (Lipinski definition) is 2. The second-order valence-electron chi connectivity index (χ2n) is 6.09. The number of pyridine rings is 1. The van der Waals surface area contributed by atoms with Crippen molar-refractivity contribution in [2.75, 3.05) is 19.6 Å². The van der Waals surface area contributed by atoms with Gasteiger partial charge in [-0.1, -0.05) is 6.92 Å². The van der Waals surface area contributed by atoms with Crippen molar-refractivity contribution in [3.05, 3.63) is 42.5 Å². The maximum absolute atomic E-state index is 12.3. The fourth-order valence-electron chi connectivity index (χ4n) is 2.70. The van der Waals surface area contributed by atoms with E-state index in [1.807, 2.05) is 18.3 Å². The summed E-state index contributed by atoms with van der Waals surface area (Å²) in [6.07, 6.45) is 7.34. The van der Waals surface area contributed by atoms with Crippen LogP contribution < -0.4 is 10.6 Å². The SMILES string of the molecule is CC1(CNC(=O)c2cc(-n3cccn3)ccn2)CCNCC1. The molecule has 0 aromatic carbocycles. The molecule has 116 valence electrons. The lowest BCUT2D eigenvalue weighted by Crippen LogP contribution is -2.43. The smallest absolute Gasteiger partial charge is 0.269 e. The lowest BCUT2D eigenvalue weighted by Gasteiger charge is -2.34. The van der Waals surface area contributed by atoms with Crippen molar-refractivity contribution in [1.29, 1.82) is 0 Å². The van der Waals surface area contributed by atoms with Crippen LogP contribution in [0.2, 0.25) is 0 Å². The average Bonchev–Trinajstić information content (AvgIpc) is 3.08. The zero-order chi connectivity index (χ0) is 15.4. The molecule has 1 aliphatic heterocycles. The van der Waals surface area contributed by atoms with Crippen LogP contribution in [0.5, 0.6) is 0 Å². The van der Waals surface area contributed by atoms with E-state index in [0.29, 0.717) is 12.2 Å². The minimum atomic E-state index is -0.131. The molecule has 0 unspecified atom stereocenters. The molecule has 0 aliphatic carbocycles. The van der Waals surface area contributed by atoms with Crippen LogP contribution >= 0.6 is 0 Å². The van der Waals surface area contributed by atoms with Crippen LogP contribution in [-0.4, -0.2) is 40.3 Å². The third-order valence-corrected chi connectivity index (χ3v) is 4.23. The fraction of sp³-hybridized carbons (Fsp3) is 0.438. The first-order valence-corrected chi connectivity index (χ1v) is 7.61. The number of piperidine rings is 1. The van der Waals surface area contributed by atoms with Crippen molar-refractivity contribution in [3.8, 4) is 5.69 Å². The summed E-state index contributed by atoms with van der Waals surface area (Å²) in [7, 11) is 0. The summed E-state index contributed by atoms with van der Waals surface area (Å²) in [5.41, 5.74) is 1.42. The summed E-state index contributed by atoms with van der Waals surface area (Å²) in [5.74, 6) is -0.131. The van der Waals surface area contributed by atoms with Gasteiger partial charge in [-0.05, 0) is 49.5 Å². The lowest BCUT2D eigenvalue weighted by atomic mass is 9.81. The summed E-state index contributed by atoms with van der Waals surface area (Å²) >= 11 is 0. The predicted molar refractivity (Wildman–Crippen MR) is 83.9 cm³/mol. The third kappa shape index (κ3) is 3.33. The van der Waals surface area contributed by atoms with Gasteiger partial charge < -0.3 is 10.6 Å². The van der Waals surface area contributed by atoms with E-state index in [4.69, 9.17) is 0 Å². The van der Waals surface area contributed by atoms with Crippen molar-refractivity contribution < 1.29 is 4.79 Å². The van der Waals surface area contributed by atoms with Crippen molar-refractivity contribution in [3.63, 3.8) is 0 Å². The summed E-state index contributed by atoms with van der Waals surface area (Å²) in [4.78, 5) is 16.5. The van der Waals surface area contributed by atoms with Crippen molar-refractivity contribution >= 4 is 5.91 Å². The molecule has 0 atom stereocenters. The number of nitrogens with zero attached hydrogens (tertiary/aromatic N) is 3. The van der Waals surface area contributed by atoms with Crippen LogP contribution in [0, 0.1) is 5.41 Å². The van der Waals surface area contributed by atoms with Gasteiger partial charge in [-0.3, -0.25) is 9.78 Å². The Kier molecular flexibility index (Phi) is 4.20. The van der Waals surface area contributed by atoms with E-state index in [2.05, 4.69) is 27.6 Å². The third-order valence-electron chi connectivity index (χ3n) is 4.23. The van der Waals surface area contributed by atoms with Crippen molar-refractivity contribution in [2.24, 2.45) is 5.41 Å². The number of nitrogens with one attached hydrogen (secondary N) is 2. The number of hydrogen-bond acceptors (Lipinski definition) is 4. The molecule has 1 fully saturated rings. The van der Waals surface area contributed by atoms with E-state index < -0.39 is 0 Å². The molecule has 3 heterocycles. The first-order valence-electron chi connectivity index (χ1n) is 7.61. The highest BCUT2D eigenvalue weighted by Gasteiger charge is 2.27. The molecule has 6 heteroatoms. The molecule has 0 spiro atoms. The van der Waals surface area contributed by atoms with Gasteiger partial charge in [0.1, 0.15) is 5.69 Å². The Balaban J connectivity index is 1.66. The van der Waals surface area contributed by atoms with Crippen LogP contribution in [-0.2, 0) is 0 Å². The summed E-state index contributed by atoms with van der Waals surface area (Å²) in [5, 5.41) is 10.5. The van der Waals surface area contributed by atoms with Gasteiger partial charge in [-0.15, -0.1) is 0 Å². The fourth-order valence-corrected chi connectivity index (χ4v) is 2.70. The Morgan fingerprint density at radius 3 is 2.95 bits per heavy atom. The van der Waals surface area contributed by atoms with Gasteiger partial charge in [0.15, 0.2) is 0 Å². The van der Waals surface area contributed by atoms with Gasteiger partial charge in [0.05, 0.1) is 5.69 Å². The molecule has 2 aromatic rings. The monoisotopic (exact) mass is 299 g/mol. The molecule has 2 aromatic heterocycles. The molecule has 0 saturated carbocycles. The standard InChI is InChI=1S/C16H21N5O/c1-16(4-8-17-9-5-16)12-19-15(22)14-11-13(3-7-18-14)21-10-2-6-20-21/h2-3,6-7,10-11,17H,4-5,8-9,12H2,1H3,(H,19,22). The maximum atomic E-state index is 12.3. The Labute approximate surface area is 129 Å². The van der Waals surface area contributed by atoms with E-state index in [9.17, 15) is 4.79 Å². The highest BCUT2D eigenvalue weighted by Crippen LogP contribution is 2.26. The Morgan fingerprint density at radius 1 is 1.41 bits per heavy atom.